The van der Waals surface area contributed by atoms with Crippen LogP contribution >= 0.6 is 15.9 Å². The average Bonchev–Trinajstić information content (AvgIpc) is 2.28. The topological polar surface area (TPSA) is 49.4 Å². The number of hydrogen-bond acceptors (Lipinski definition) is 2. The van der Waals surface area contributed by atoms with Crippen molar-refractivity contribution < 1.29 is 9.59 Å². The van der Waals surface area contributed by atoms with Crippen LogP contribution in [0.25, 0.3) is 0 Å². The number of piperidine rings is 1. The molecule has 0 aromatic rings. The minimum absolute atomic E-state index is 0.0861. The molecule has 1 fully saturated rings. The van der Waals surface area contributed by atoms with E-state index < -0.39 is 0 Å². The van der Waals surface area contributed by atoms with E-state index in [2.05, 4.69) is 21.2 Å². The van der Waals surface area contributed by atoms with Gasteiger partial charge in [0.25, 0.3) is 0 Å². The van der Waals surface area contributed by atoms with E-state index in [1.807, 2.05) is 4.90 Å². The van der Waals surface area contributed by atoms with Gasteiger partial charge in [-0.2, -0.15) is 0 Å². The van der Waals surface area contributed by atoms with E-state index in [1.165, 1.54) is 0 Å². The van der Waals surface area contributed by atoms with Gasteiger partial charge in [-0.05, 0) is 12.8 Å². The Hall–Kier alpha value is -0.580. The Labute approximate surface area is 98.5 Å². The highest BCUT2D eigenvalue weighted by Gasteiger charge is 2.26. The molecular weight excluding hydrogens is 260 g/mol. The number of likely N-dealkylation sites (tertiary alicyclic amines) is 1. The maximum absolute atomic E-state index is 11.5. The largest absolute Gasteiger partial charge is 0.359 e. The Bertz CT molecular complexity index is 238. The molecule has 15 heavy (non-hydrogen) atoms. The third kappa shape index (κ3) is 3.48. The van der Waals surface area contributed by atoms with E-state index >= 15 is 0 Å². The maximum Gasteiger partial charge on any atom is 0.223 e. The Morgan fingerprint density at radius 1 is 1.40 bits per heavy atom. The van der Waals surface area contributed by atoms with Gasteiger partial charge in [0, 0.05) is 37.8 Å². The van der Waals surface area contributed by atoms with Gasteiger partial charge in [-0.25, -0.2) is 0 Å². The summed E-state index contributed by atoms with van der Waals surface area (Å²) in [4.78, 5) is 24.7. The van der Waals surface area contributed by atoms with Gasteiger partial charge in [0.05, 0.1) is 0 Å². The normalized spacial score (nSPS) is 17.6. The van der Waals surface area contributed by atoms with E-state index in [0.717, 1.165) is 12.8 Å². The molecule has 0 aliphatic carbocycles. The van der Waals surface area contributed by atoms with Crippen molar-refractivity contribution >= 4 is 27.7 Å². The van der Waals surface area contributed by atoms with Gasteiger partial charge in [0.15, 0.2) is 0 Å². The van der Waals surface area contributed by atoms with E-state index in [9.17, 15) is 9.59 Å². The second-order valence-electron chi connectivity index (χ2n) is 3.71. The minimum Gasteiger partial charge on any atom is -0.359 e. The van der Waals surface area contributed by atoms with Crippen molar-refractivity contribution in [1.82, 2.24) is 10.2 Å². The Kier molecular flexibility index (Phi) is 5.08. The summed E-state index contributed by atoms with van der Waals surface area (Å²) in [6, 6.07) is 0. The summed E-state index contributed by atoms with van der Waals surface area (Å²) in [6.07, 6.45) is 2.12. The zero-order valence-electron chi connectivity index (χ0n) is 8.96. The van der Waals surface area contributed by atoms with Gasteiger partial charge in [-0.1, -0.05) is 15.9 Å². The monoisotopic (exact) mass is 276 g/mol. The van der Waals surface area contributed by atoms with Crippen LogP contribution in [0, 0.1) is 5.92 Å². The summed E-state index contributed by atoms with van der Waals surface area (Å²) >= 11 is 3.25. The second-order valence-corrected chi connectivity index (χ2v) is 4.50. The minimum atomic E-state index is 0.0861. The number of rotatable bonds is 3. The summed E-state index contributed by atoms with van der Waals surface area (Å²) < 4.78 is 0. The molecule has 1 heterocycles. The van der Waals surface area contributed by atoms with Crippen LogP contribution in [-0.4, -0.2) is 42.2 Å². The van der Waals surface area contributed by atoms with Crippen LogP contribution in [-0.2, 0) is 9.59 Å². The van der Waals surface area contributed by atoms with Crippen molar-refractivity contribution in [3.63, 3.8) is 0 Å². The summed E-state index contributed by atoms with van der Waals surface area (Å²) in [5.41, 5.74) is 0. The Balaban J connectivity index is 2.35. The molecule has 0 radical (unpaired) electrons. The first-order valence-corrected chi connectivity index (χ1v) is 6.36. The second kappa shape index (κ2) is 6.10. The standard InChI is InChI=1S/C10H17BrN2O2/c1-12-10(15)8-3-6-13(7-4-8)9(14)2-5-11/h8H,2-7H2,1H3,(H,12,15). The summed E-state index contributed by atoms with van der Waals surface area (Å²) in [7, 11) is 1.66. The number of nitrogens with zero attached hydrogens (tertiary/aromatic N) is 1. The van der Waals surface area contributed by atoms with Gasteiger partial charge in [0.1, 0.15) is 0 Å². The molecule has 0 saturated carbocycles. The van der Waals surface area contributed by atoms with Crippen molar-refractivity contribution in [3.8, 4) is 0 Å². The van der Waals surface area contributed by atoms with Crippen molar-refractivity contribution in [1.29, 1.82) is 0 Å². The summed E-state index contributed by atoms with van der Waals surface area (Å²) in [5.74, 6) is 0.368. The van der Waals surface area contributed by atoms with Gasteiger partial charge < -0.3 is 10.2 Å². The third-order valence-corrected chi connectivity index (χ3v) is 3.17. The molecule has 1 saturated heterocycles. The van der Waals surface area contributed by atoms with E-state index in [0.29, 0.717) is 24.8 Å². The first-order chi connectivity index (χ1) is 7.19. The molecule has 1 aliphatic rings. The fraction of sp³-hybridized carbons (Fsp3) is 0.800. The van der Waals surface area contributed by atoms with Crippen LogP contribution < -0.4 is 5.32 Å². The lowest BCUT2D eigenvalue weighted by molar-refractivity contribution is -0.135. The van der Waals surface area contributed by atoms with Gasteiger partial charge >= 0.3 is 0 Å². The number of amides is 2. The smallest absolute Gasteiger partial charge is 0.223 e. The number of nitrogens with one attached hydrogen (secondary N) is 1. The van der Waals surface area contributed by atoms with Crippen LogP contribution in [0.1, 0.15) is 19.3 Å². The number of halogens is 1. The van der Waals surface area contributed by atoms with Gasteiger partial charge in [-0.15, -0.1) is 0 Å². The summed E-state index contributed by atoms with van der Waals surface area (Å²) in [6.45, 7) is 1.42. The molecule has 86 valence electrons. The molecule has 0 bridgehead atoms. The molecule has 0 spiro atoms. The van der Waals surface area contributed by atoms with E-state index in [4.69, 9.17) is 0 Å². The van der Waals surface area contributed by atoms with Crippen molar-refractivity contribution in [2.75, 3.05) is 25.5 Å². The van der Waals surface area contributed by atoms with Crippen LogP contribution in [0.15, 0.2) is 0 Å². The molecular formula is C10H17BrN2O2. The molecule has 2 amide bonds. The van der Waals surface area contributed by atoms with Crippen LogP contribution in [0.4, 0.5) is 0 Å². The highest BCUT2D eigenvalue weighted by molar-refractivity contribution is 9.09. The molecule has 0 atom stereocenters. The fourth-order valence-corrected chi connectivity index (χ4v) is 2.17. The number of alkyl halides is 1. The van der Waals surface area contributed by atoms with Crippen LogP contribution in [0.3, 0.4) is 0 Å². The fourth-order valence-electron chi connectivity index (χ4n) is 1.83. The molecule has 1 aliphatic heterocycles. The van der Waals surface area contributed by atoms with E-state index in [1.54, 1.807) is 7.05 Å². The molecule has 0 aromatic carbocycles. The third-order valence-electron chi connectivity index (χ3n) is 2.77. The molecule has 0 aromatic heterocycles. The van der Waals surface area contributed by atoms with Crippen LogP contribution in [0.5, 0.6) is 0 Å². The molecule has 1 rings (SSSR count). The number of carbonyl (C=O) groups excluding carboxylic acids is 2. The molecule has 1 N–H and O–H groups in total. The maximum atomic E-state index is 11.5. The van der Waals surface area contributed by atoms with E-state index in [-0.39, 0.29) is 17.7 Å². The average molecular weight is 277 g/mol. The Morgan fingerprint density at radius 3 is 2.47 bits per heavy atom. The quantitative estimate of drug-likeness (QED) is 0.774. The van der Waals surface area contributed by atoms with Crippen molar-refractivity contribution in [3.05, 3.63) is 0 Å². The number of carbonyl (C=O) groups is 2. The highest BCUT2D eigenvalue weighted by Crippen LogP contribution is 2.17. The zero-order valence-corrected chi connectivity index (χ0v) is 10.5. The molecule has 4 nitrogen and oxygen atoms in total. The Morgan fingerprint density at radius 2 is 2.00 bits per heavy atom. The van der Waals surface area contributed by atoms with Gasteiger partial charge in [0.2, 0.25) is 11.8 Å². The highest BCUT2D eigenvalue weighted by atomic mass is 79.9. The van der Waals surface area contributed by atoms with Gasteiger partial charge in [-0.3, -0.25) is 9.59 Å². The van der Waals surface area contributed by atoms with Crippen molar-refractivity contribution in [2.45, 2.75) is 19.3 Å². The first kappa shape index (κ1) is 12.5. The zero-order chi connectivity index (χ0) is 11.3. The predicted molar refractivity (Wildman–Crippen MR) is 61.8 cm³/mol. The lowest BCUT2D eigenvalue weighted by atomic mass is 9.96. The first-order valence-electron chi connectivity index (χ1n) is 5.24. The summed E-state index contributed by atoms with van der Waals surface area (Å²) in [5, 5.41) is 3.36. The lowest BCUT2D eigenvalue weighted by Crippen LogP contribution is -2.42. The van der Waals surface area contributed by atoms with Crippen LogP contribution in [0.2, 0.25) is 0 Å². The lowest BCUT2D eigenvalue weighted by Gasteiger charge is -2.31. The molecule has 0 unspecified atom stereocenters. The van der Waals surface area contributed by atoms with Crippen molar-refractivity contribution in [2.24, 2.45) is 5.92 Å². The predicted octanol–water partition coefficient (Wildman–Crippen LogP) is 0.756. The SMILES string of the molecule is CNC(=O)C1CCN(C(=O)CCBr)CC1. The molecule has 5 heteroatoms. The number of hydrogen-bond donors (Lipinski definition) is 1.